The molecule has 2 saturated heterocycles. The summed E-state index contributed by atoms with van der Waals surface area (Å²) in [4.78, 5) is 41.4. The third-order valence-corrected chi connectivity index (χ3v) is 5.85. The van der Waals surface area contributed by atoms with Crippen molar-refractivity contribution in [3.8, 4) is 0 Å². The van der Waals surface area contributed by atoms with Gasteiger partial charge in [-0.05, 0) is 19.8 Å². The number of hydrogen-bond donors (Lipinski definition) is 0. The fourth-order valence-electron chi connectivity index (χ4n) is 4.41. The minimum atomic E-state index is -0.602. The van der Waals surface area contributed by atoms with Crippen LogP contribution in [0.4, 0.5) is 0 Å². The van der Waals surface area contributed by atoms with Gasteiger partial charge < -0.3 is 14.2 Å². The molecule has 2 amide bonds. The second-order valence-electron chi connectivity index (χ2n) is 7.32. The SMILES string of the molecule is CC12CCC(=O)N1CCCN2C(=O)Cn1ncn2c(cc3occc32)c1=O. The van der Waals surface area contributed by atoms with Gasteiger partial charge in [-0.25, -0.2) is 4.68 Å². The molecule has 3 aromatic rings. The molecule has 3 aromatic heterocycles. The number of hydrogen-bond acceptors (Lipinski definition) is 5. The highest BCUT2D eigenvalue weighted by molar-refractivity contribution is 5.84. The minimum absolute atomic E-state index is 0.0856. The fourth-order valence-corrected chi connectivity index (χ4v) is 4.41. The quantitative estimate of drug-likeness (QED) is 0.667. The lowest BCUT2D eigenvalue weighted by Crippen LogP contribution is -2.63. The first-order valence-corrected chi connectivity index (χ1v) is 9.04. The molecule has 0 N–H and O–H groups in total. The van der Waals surface area contributed by atoms with Crippen LogP contribution in [0.2, 0.25) is 0 Å². The van der Waals surface area contributed by atoms with Crippen molar-refractivity contribution >= 4 is 28.4 Å². The van der Waals surface area contributed by atoms with Gasteiger partial charge in [0.25, 0.3) is 5.56 Å². The Morgan fingerprint density at radius 3 is 3.00 bits per heavy atom. The lowest BCUT2D eigenvalue weighted by atomic mass is 10.0. The van der Waals surface area contributed by atoms with Gasteiger partial charge in [0.1, 0.15) is 24.1 Å². The van der Waals surface area contributed by atoms with E-state index in [-0.39, 0.29) is 23.9 Å². The molecule has 27 heavy (non-hydrogen) atoms. The van der Waals surface area contributed by atoms with Crippen LogP contribution in [0.25, 0.3) is 16.6 Å². The third kappa shape index (κ3) is 2.17. The van der Waals surface area contributed by atoms with E-state index < -0.39 is 5.66 Å². The summed E-state index contributed by atoms with van der Waals surface area (Å²) in [7, 11) is 0. The first-order chi connectivity index (χ1) is 13.0. The van der Waals surface area contributed by atoms with Crippen LogP contribution in [0, 0.1) is 0 Å². The van der Waals surface area contributed by atoms with Gasteiger partial charge in [-0.3, -0.25) is 18.8 Å². The Bertz CT molecular complexity index is 1140. The Kier molecular flexibility index (Phi) is 3.25. The Hall–Kier alpha value is -3.10. The van der Waals surface area contributed by atoms with Crippen LogP contribution in [0.15, 0.2) is 33.9 Å². The van der Waals surface area contributed by atoms with Crippen LogP contribution in [-0.4, -0.2) is 54.5 Å². The number of furan rings is 1. The van der Waals surface area contributed by atoms with Gasteiger partial charge in [0, 0.05) is 31.6 Å². The maximum atomic E-state index is 13.0. The van der Waals surface area contributed by atoms with E-state index in [1.807, 2.05) is 6.92 Å². The molecule has 0 radical (unpaired) electrons. The molecule has 0 aliphatic carbocycles. The lowest BCUT2D eigenvalue weighted by Gasteiger charge is -2.48. The lowest BCUT2D eigenvalue weighted by molar-refractivity contribution is -0.155. The summed E-state index contributed by atoms with van der Waals surface area (Å²) in [6, 6.07) is 3.42. The predicted molar refractivity (Wildman–Crippen MR) is 94.9 cm³/mol. The maximum absolute atomic E-state index is 13.0. The summed E-state index contributed by atoms with van der Waals surface area (Å²) in [5.74, 6) is -0.117. The fraction of sp³-hybridized carbons (Fsp3) is 0.444. The summed E-state index contributed by atoms with van der Waals surface area (Å²) < 4.78 is 8.17. The van der Waals surface area contributed by atoms with Crippen LogP contribution < -0.4 is 5.56 Å². The van der Waals surface area contributed by atoms with E-state index in [1.54, 1.807) is 32.6 Å². The predicted octanol–water partition coefficient (Wildman–Crippen LogP) is 0.813. The van der Waals surface area contributed by atoms with E-state index in [4.69, 9.17) is 4.42 Å². The molecule has 0 spiro atoms. The Balaban J connectivity index is 1.48. The highest BCUT2D eigenvalue weighted by Crippen LogP contribution is 2.36. The van der Waals surface area contributed by atoms with Crippen LogP contribution in [-0.2, 0) is 16.1 Å². The molecular formula is C18H19N5O4. The molecule has 1 unspecified atom stereocenters. The zero-order valence-electron chi connectivity index (χ0n) is 14.9. The van der Waals surface area contributed by atoms with E-state index in [0.29, 0.717) is 37.0 Å². The van der Waals surface area contributed by atoms with Gasteiger partial charge in [0.05, 0.1) is 11.8 Å². The van der Waals surface area contributed by atoms with Crippen LogP contribution in [0.1, 0.15) is 26.2 Å². The van der Waals surface area contributed by atoms with Gasteiger partial charge in [0.2, 0.25) is 11.8 Å². The normalized spacial score (nSPS) is 22.8. The van der Waals surface area contributed by atoms with Crippen LogP contribution in [0.3, 0.4) is 0 Å². The van der Waals surface area contributed by atoms with Gasteiger partial charge in [-0.2, -0.15) is 5.10 Å². The van der Waals surface area contributed by atoms with Crippen molar-refractivity contribution in [3.05, 3.63) is 35.1 Å². The number of nitrogens with zero attached hydrogens (tertiary/aromatic N) is 5. The Labute approximate surface area is 153 Å². The zero-order valence-corrected chi connectivity index (χ0v) is 14.9. The third-order valence-electron chi connectivity index (χ3n) is 5.85. The van der Waals surface area contributed by atoms with Gasteiger partial charge in [-0.15, -0.1) is 0 Å². The molecular weight excluding hydrogens is 350 g/mol. The minimum Gasteiger partial charge on any atom is -0.463 e. The molecule has 9 nitrogen and oxygen atoms in total. The van der Waals surface area contributed by atoms with Crippen molar-refractivity contribution in [1.29, 1.82) is 0 Å². The molecule has 0 aromatic carbocycles. The first-order valence-electron chi connectivity index (χ1n) is 9.04. The molecule has 9 heteroatoms. The van der Waals surface area contributed by atoms with Gasteiger partial charge in [-0.1, -0.05) is 0 Å². The average molecular weight is 369 g/mol. The highest BCUT2D eigenvalue weighted by Gasteiger charge is 2.49. The number of carbonyl (C=O) groups excluding carboxylic acids is 2. The van der Waals surface area contributed by atoms with E-state index in [9.17, 15) is 14.4 Å². The molecule has 0 bridgehead atoms. The second kappa shape index (κ2) is 5.45. The molecule has 1 atom stereocenters. The van der Waals surface area contributed by atoms with Crippen molar-refractivity contribution in [2.45, 2.75) is 38.4 Å². The van der Waals surface area contributed by atoms with Crippen molar-refractivity contribution < 1.29 is 14.0 Å². The summed E-state index contributed by atoms with van der Waals surface area (Å²) >= 11 is 0. The number of carbonyl (C=O) groups is 2. The molecule has 2 aliphatic rings. The van der Waals surface area contributed by atoms with Crippen molar-refractivity contribution in [3.63, 3.8) is 0 Å². The number of aromatic nitrogens is 3. The monoisotopic (exact) mass is 369 g/mol. The van der Waals surface area contributed by atoms with Crippen molar-refractivity contribution in [2.75, 3.05) is 13.1 Å². The van der Waals surface area contributed by atoms with Crippen molar-refractivity contribution in [1.82, 2.24) is 24.0 Å². The molecule has 0 saturated carbocycles. The summed E-state index contributed by atoms with van der Waals surface area (Å²) in [6.07, 6.45) is 4.88. The smallest absolute Gasteiger partial charge is 0.291 e. The second-order valence-corrected chi connectivity index (χ2v) is 7.32. The summed E-state index contributed by atoms with van der Waals surface area (Å²) in [5, 5.41) is 4.16. The van der Waals surface area contributed by atoms with Crippen LogP contribution >= 0.6 is 0 Å². The number of amides is 2. The molecule has 5 heterocycles. The van der Waals surface area contributed by atoms with Crippen molar-refractivity contribution in [2.24, 2.45) is 0 Å². The first kappa shape index (κ1) is 16.1. The molecule has 140 valence electrons. The highest BCUT2D eigenvalue weighted by atomic mass is 16.3. The van der Waals surface area contributed by atoms with Gasteiger partial charge in [0.15, 0.2) is 5.58 Å². The summed E-state index contributed by atoms with van der Waals surface area (Å²) in [6.45, 7) is 3.02. The Morgan fingerprint density at radius 1 is 1.30 bits per heavy atom. The molecule has 5 rings (SSSR count). The maximum Gasteiger partial charge on any atom is 0.291 e. The zero-order chi connectivity index (χ0) is 18.8. The van der Waals surface area contributed by atoms with E-state index in [2.05, 4.69) is 5.10 Å². The topological polar surface area (TPSA) is 93.1 Å². The van der Waals surface area contributed by atoms with E-state index >= 15 is 0 Å². The molecule has 2 aliphatic heterocycles. The largest absolute Gasteiger partial charge is 0.463 e. The van der Waals surface area contributed by atoms with Gasteiger partial charge >= 0.3 is 0 Å². The van der Waals surface area contributed by atoms with Crippen LogP contribution in [0.5, 0.6) is 0 Å². The van der Waals surface area contributed by atoms with E-state index in [1.165, 1.54) is 11.0 Å². The average Bonchev–Trinajstić information content (AvgIpc) is 3.31. The number of fused-ring (bicyclic) bond motifs is 4. The number of rotatable bonds is 2. The van der Waals surface area contributed by atoms with E-state index in [0.717, 1.165) is 11.9 Å². The Morgan fingerprint density at radius 2 is 2.15 bits per heavy atom. The summed E-state index contributed by atoms with van der Waals surface area (Å²) in [5.41, 5.74) is 0.821. The standard InChI is InChI=1S/C18H19N5O4/c1-18-5-3-15(24)21(18)6-2-7-22(18)16(25)10-23-17(26)13-9-14-12(4-8-27-14)20(13)11-19-23/h4,8-9,11H,2-3,5-7,10H2,1H3. The molecule has 2 fully saturated rings.